The van der Waals surface area contributed by atoms with Gasteiger partial charge in [0.15, 0.2) is 0 Å². The van der Waals surface area contributed by atoms with Crippen LogP contribution >= 0.6 is 11.3 Å². The van der Waals surface area contributed by atoms with E-state index in [0.717, 1.165) is 0 Å². The van der Waals surface area contributed by atoms with Gasteiger partial charge in [-0.3, -0.25) is 4.79 Å². The number of rotatable bonds is 4. The maximum Gasteiger partial charge on any atom is 0.329 e. The Bertz CT molecular complexity index is 792. The summed E-state index contributed by atoms with van der Waals surface area (Å²) in [5, 5.41) is 11.8. The molecule has 1 unspecified atom stereocenters. The van der Waals surface area contributed by atoms with Crippen LogP contribution in [-0.4, -0.2) is 39.0 Å². The highest BCUT2D eigenvalue weighted by molar-refractivity contribution is 7.13. The number of hydrogen-bond donors (Lipinski definition) is 1. The molecule has 1 saturated heterocycles. The van der Waals surface area contributed by atoms with Crippen LogP contribution in [0.2, 0.25) is 0 Å². The lowest BCUT2D eigenvalue weighted by atomic mass is 9.99. The first-order valence-corrected chi connectivity index (χ1v) is 8.52. The van der Waals surface area contributed by atoms with Crippen molar-refractivity contribution in [2.24, 2.45) is 0 Å². The van der Waals surface area contributed by atoms with Crippen LogP contribution in [-0.2, 0) is 16.0 Å². The zero-order valence-electron chi connectivity index (χ0n) is 13.2. The van der Waals surface area contributed by atoms with Crippen LogP contribution < -0.4 is 0 Å². The molecule has 1 N–H and O–H groups in total. The highest BCUT2D eigenvalue weighted by atomic mass is 32.1. The molecule has 0 bridgehead atoms. The van der Waals surface area contributed by atoms with Gasteiger partial charge in [-0.25, -0.2) is 14.2 Å². The number of thiazole rings is 1. The number of aliphatic carboxylic acids is 1. The van der Waals surface area contributed by atoms with Crippen LogP contribution in [0.5, 0.6) is 0 Å². The van der Waals surface area contributed by atoms with Crippen molar-refractivity contribution in [2.45, 2.75) is 31.7 Å². The monoisotopic (exact) mass is 348 g/mol. The molecule has 0 radical (unpaired) electrons. The second-order valence-electron chi connectivity index (χ2n) is 6.06. The van der Waals surface area contributed by atoms with E-state index in [9.17, 15) is 19.1 Å². The summed E-state index contributed by atoms with van der Waals surface area (Å²) in [5.41, 5.74) is 0.0949. The molecule has 2 heterocycles. The smallest absolute Gasteiger partial charge is 0.329 e. The van der Waals surface area contributed by atoms with E-state index in [2.05, 4.69) is 4.98 Å². The SMILES string of the molecule is CC1(C(=O)O)CCCN1C(=O)Cc1csc(-c2cccc(F)c2)n1. The molecular formula is C17H17FN2O3S. The molecule has 1 aliphatic rings. The van der Waals surface area contributed by atoms with Gasteiger partial charge in [0, 0.05) is 17.5 Å². The minimum atomic E-state index is -1.14. The van der Waals surface area contributed by atoms with Gasteiger partial charge in [-0.1, -0.05) is 12.1 Å². The summed E-state index contributed by atoms with van der Waals surface area (Å²) in [4.78, 5) is 29.8. The third-order valence-corrected chi connectivity index (χ3v) is 5.30. The number of halogens is 1. The quantitative estimate of drug-likeness (QED) is 0.922. The van der Waals surface area contributed by atoms with Gasteiger partial charge in [0.05, 0.1) is 12.1 Å². The minimum Gasteiger partial charge on any atom is -0.480 e. The molecule has 24 heavy (non-hydrogen) atoms. The number of aromatic nitrogens is 1. The molecular weight excluding hydrogens is 331 g/mol. The fraction of sp³-hybridized carbons (Fsp3) is 0.353. The third kappa shape index (κ3) is 3.03. The molecule has 0 aliphatic carbocycles. The summed E-state index contributed by atoms with van der Waals surface area (Å²) >= 11 is 1.34. The van der Waals surface area contributed by atoms with Crippen LogP contribution in [0, 0.1) is 5.82 Å². The molecule has 1 atom stereocenters. The first kappa shape index (κ1) is 16.6. The Kier molecular flexibility index (Phi) is 4.36. The van der Waals surface area contributed by atoms with E-state index in [-0.39, 0.29) is 18.1 Å². The van der Waals surface area contributed by atoms with Crippen molar-refractivity contribution >= 4 is 23.2 Å². The second-order valence-corrected chi connectivity index (χ2v) is 6.92. The Morgan fingerprint density at radius 3 is 2.96 bits per heavy atom. The average molecular weight is 348 g/mol. The van der Waals surface area contributed by atoms with Crippen molar-refractivity contribution in [2.75, 3.05) is 6.54 Å². The highest BCUT2D eigenvalue weighted by Crippen LogP contribution is 2.30. The number of carboxylic acids is 1. The summed E-state index contributed by atoms with van der Waals surface area (Å²) < 4.78 is 13.3. The zero-order chi connectivity index (χ0) is 17.3. The predicted octanol–water partition coefficient (Wildman–Crippen LogP) is 2.96. The fourth-order valence-corrected chi connectivity index (χ4v) is 3.79. The molecule has 126 valence electrons. The molecule has 0 saturated carbocycles. The zero-order valence-corrected chi connectivity index (χ0v) is 14.0. The van der Waals surface area contributed by atoms with E-state index in [0.29, 0.717) is 35.7 Å². The second kappa shape index (κ2) is 6.32. The van der Waals surface area contributed by atoms with Gasteiger partial charge >= 0.3 is 5.97 Å². The third-order valence-electron chi connectivity index (χ3n) is 4.36. The lowest BCUT2D eigenvalue weighted by Crippen LogP contribution is -2.51. The molecule has 1 aromatic carbocycles. The van der Waals surface area contributed by atoms with Crippen LogP contribution in [0.3, 0.4) is 0 Å². The van der Waals surface area contributed by atoms with Crippen LogP contribution in [0.4, 0.5) is 4.39 Å². The van der Waals surface area contributed by atoms with Crippen LogP contribution in [0.15, 0.2) is 29.6 Å². The lowest BCUT2D eigenvalue weighted by molar-refractivity contribution is -0.155. The average Bonchev–Trinajstić information content (AvgIpc) is 3.15. The fourth-order valence-electron chi connectivity index (χ4n) is 2.98. The number of hydrogen-bond acceptors (Lipinski definition) is 4. The molecule has 7 heteroatoms. The molecule has 1 aliphatic heterocycles. The van der Waals surface area contributed by atoms with Gasteiger partial charge < -0.3 is 10.0 Å². The van der Waals surface area contributed by atoms with Crippen molar-refractivity contribution in [3.63, 3.8) is 0 Å². The number of benzene rings is 1. The van der Waals surface area contributed by atoms with Gasteiger partial charge in [-0.05, 0) is 31.9 Å². The van der Waals surface area contributed by atoms with E-state index in [1.807, 2.05) is 0 Å². The van der Waals surface area contributed by atoms with Gasteiger partial charge in [0.25, 0.3) is 0 Å². The Balaban J connectivity index is 1.75. The van der Waals surface area contributed by atoms with Crippen LogP contribution in [0.1, 0.15) is 25.5 Å². The standard InChI is InChI=1S/C17H17FN2O3S/c1-17(16(22)23)6-3-7-20(17)14(21)9-13-10-24-15(19-13)11-4-2-5-12(18)8-11/h2,4-5,8,10H,3,6-7,9H2,1H3,(H,22,23). The van der Waals surface area contributed by atoms with Gasteiger partial charge in [0.1, 0.15) is 16.4 Å². The van der Waals surface area contributed by atoms with E-state index in [1.165, 1.54) is 28.4 Å². The first-order valence-electron chi connectivity index (χ1n) is 7.64. The molecule has 2 aromatic rings. The number of carbonyl (C=O) groups excluding carboxylic acids is 1. The van der Waals surface area contributed by atoms with Gasteiger partial charge in [-0.15, -0.1) is 11.3 Å². The highest BCUT2D eigenvalue weighted by Gasteiger charge is 2.45. The number of carbonyl (C=O) groups is 2. The van der Waals surface area contributed by atoms with Crippen molar-refractivity contribution < 1.29 is 19.1 Å². The largest absolute Gasteiger partial charge is 0.480 e. The van der Waals surface area contributed by atoms with Crippen LogP contribution in [0.25, 0.3) is 10.6 Å². The van der Waals surface area contributed by atoms with Crippen molar-refractivity contribution in [1.82, 2.24) is 9.88 Å². The first-order chi connectivity index (χ1) is 11.4. The topological polar surface area (TPSA) is 70.5 Å². The molecule has 3 rings (SSSR count). The van der Waals surface area contributed by atoms with E-state index < -0.39 is 11.5 Å². The summed E-state index contributed by atoms with van der Waals surface area (Å²) in [6.07, 6.45) is 1.19. The number of likely N-dealkylation sites (tertiary alicyclic amines) is 1. The normalized spacial score (nSPS) is 20.3. The molecule has 0 spiro atoms. The van der Waals surface area contributed by atoms with E-state index in [1.54, 1.807) is 24.4 Å². The Morgan fingerprint density at radius 1 is 1.46 bits per heavy atom. The van der Waals surface area contributed by atoms with Gasteiger partial charge in [-0.2, -0.15) is 0 Å². The summed E-state index contributed by atoms with van der Waals surface area (Å²) in [6.45, 7) is 2.03. The Hall–Kier alpha value is -2.28. The number of nitrogens with zero attached hydrogens (tertiary/aromatic N) is 2. The minimum absolute atomic E-state index is 0.0503. The molecule has 1 aromatic heterocycles. The van der Waals surface area contributed by atoms with Crippen molar-refractivity contribution in [1.29, 1.82) is 0 Å². The predicted molar refractivity (Wildman–Crippen MR) is 88.2 cm³/mol. The maximum atomic E-state index is 13.3. The summed E-state index contributed by atoms with van der Waals surface area (Å²) in [6, 6.07) is 6.13. The Labute approximate surface area is 142 Å². The van der Waals surface area contributed by atoms with Gasteiger partial charge in [0.2, 0.25) is 5.91 Å². The maximum absolute atomic E-state index is 13.3. The van der Waals surface area contributed by atoms with Crippen molar-refractivity contribution in [3.05, 3.63) is 41.2 Å². The molecule has 5 nitrogen and oxygen atoms in total. The molecule has 1 fully saturated rings. The van der Waals surface area contributed by atoms with Crippen molar-refractivity contribution in [3.8, 4) is 10.6 Å². The van der Waals surface area contributed by atoms with E-state index in [4.69, 9.17) is 0 Å². The lowest BCUT2D eigenvalue weighted by Gasteiger charge is -2.31. The van der Waals surface area contributed by atoms with E-state index >= 15 is 0 Å². The Morgan fingerprint density at radius 2 is 2.25 bits per heavy atom. The number of amides is 1. The number of carboxylic acid groups (broad SMARTS) is 1. The summed E-state index contributed by atoms with van der Waals surface area (Å²) in [7, 11) is 0. The molecule has 1 amide bonds. The summed E-state index contributed by atoms with van der Waals surface area (Å²) in [5.74, 6) is -1.56.